The largest absolute Gasteiger partial charge is 0.283 e. The van der Waals surface area contributed by atoms with E-state index >= 15 is 0 Å². The lowest BCUT2D eigenvalue weighted by Gasteiger charge is -2.28. The molecule has 2 aromatic rings. The first-order valence-corrected chi connectivity index (χ1v) is 12.6. The molecule has 6 nitrogen and oxygen atoms in total. The van der Waals surface area contributed by atoms with Gasteiger partial charge in [0, 0.05) is 18.8 Å². The van der Waals surface area contributed by atoms with Crippen molar-refractivity contribution in [3.63, 3.8) is 0 Å². The SMILES string of the molecule is CCCS(=O)(=O)N1CCc2ccc(NS(=O)(=O)Cc3cccc(C)c3)cc2C1. The molecular formula is C20H26N2O4S2. The van der Waals surface area contributed by atoms with E-state index in [0.717, 1.165) is 22.3 Å². The van der Waals surface area contributed by atoms with Crippen LogP contribution in [0.2, 0.25) is 0 Å². The lowest BCUT2D eigenvalue weighted by Crippen LogP contribution is -2.37. The van der Waals surface area contributed by atoms with Crippen LogP contribution in [0, 0.1) is 6.92 Å². The number of nitrogens with zero attached hydrogens (tertiary/aromatic N) is 1. The Bertz CT molecular complexity index is 1060. The van der Waals surface area contributed by atoms with Crippen LogP contribution in [-0.4, -0.2) is 33.4 Å². The summed E-state index contributed by atoms with van der Waals surface area (Å²) >= 11 is 0. The molecule has 8 heteroatoms. The highest BCUT2D eigenvalue weighted by Crippen LogP contribution is 2.25. The number of nitrogens with one attached hydrogen (secondary N) is 1. The van der Waals surface area contributed by atoms with Crippen LogP contribution in [0.5, 0.6) is 0 Å². The van der Waals surface area contributed by atoms with Crippen molar-refractivity contribution in [2.24, 2.45) is 0 Å². The van der Waals surface area contributed by atoms with E-state index in [2.05, 4.69) is 4.72 Å². The molecule has 0 radical (unpaired) electrons. The summed E-state index contributed by atoms with van der Waals surface area (Å²) < 4.78 is 53.9. The van der Waals surface area contributed by atoms with Gasteiger partial charge >= 0.3 is 0 Å². The minimum atomic E-state index is -3.56. The van der Waals surface area contributed by atoms with Crippen molar-refractivity contribution < 1.29 is 16.8 Å². The number of hydrogen-bond acceptors (Lipinski definition) is 4. The summed E-state index contributed by atoms with van der Waals surface area (Å²) in [7, 11) is -6.84. The third-order valence-corrected chi connectivity index (χ3v) is 8.03. The molecule has 0 amide bonds. The van der Waals surface area contributed by atoms with Crippen LogP contribution in [0.15, 0.2) is 42.5 Å². The Morgan fingerprint density at radius 3 is 2.54 bits per heavy atom. The smallest absolute Gasteiger partial charge is 0.236 e. The van der Waals surface area contributed by atoms with Gasteiger partial charge in [0.15, 0.2) is 0 Å². The van der Waals surface area contributed by atoms with Gasteiger partial charge in [-0.2, -0.15) is 4.31 Å². The third-order valence-electron chi connectivity index (χ3n) is 4.75. The molecule has 0 saturated heterocycles. The van der Waals surface area contributed by atoms with Gasteiger partial charge in [0.25, 0.3) is 0 Å². The van der Waals surface area contributed by atoms with E-state index in [9.17, 15) is 16.8 Å². The van der Waals surface area contributed by atoms with E-state index in [4.69, 9.17) is 0 Å². The van der Waals surface area contributed by atoms with E-state index in [1.165, 1.54) is 4.31 Å². The summed E-state index contributed by atoms with van der Waals surface area (Å²) in [5.41, 5.74) is 4.10. The molecule has 0 atom stereocenters. The van der Waals surface area contributed by atoms with Gasteiger partial charge < -0.3 is 0 Å². The monoisotopic (exact) mass is 422 g/mol. The van der Waals surface area contributed by atoms with Gasteiger partial charge in [0.05, 0.1) is 11.5 Å². The molecule has 0 aromatic heterocycles. The number of aryl methyl sites for hydroxylation is 1. The van der Waals surface area contributed by atoms with Crippen molar-refractivity contribution in [2.45, 2.75) is 39.0 Å². The standard InChI is InChI=1S/C20H26N2O4S2/c1-3-11-28(25,26)22-10-9-18-7-8-20(13-19(18)14-22)21-27(23,24)15-17-6-4-5-16(2)12-17/h4-8,12-13,21H,3,9-11,14-15H2,1-2H3. The fourth-order valence-corrected chi connectivity index (χ4v) is 6.11. The normalized spacial score (nSPS) is 15.2. The highest BCUT2D eigenvalue weighted by molar-refractivity contribution is 7.91. The minimum Gasteiger partial charge on any atom is -0.283 e. The zero-order valence-electron chi connectivity index (χ0n) is 16.2. The van der Waals surface area contributed by atoms with Crippen LogP contribution in [0.4, 0.5) is 5.69 Å². The molecule has 1 aliphatic heterocycles. The molecule has 0 bridgehead atoms. The number of fused-ring (bicyclic) bond motifs is 1. The van der Waals surface area contributed by atoms with E-state index in [-0.39, 0.29) is 18.1 Å². The summed E-state index contributed by atoms with van der Waals surface area (Å²) in [5.74, 6) is 0.0217. The highest BCUT2D eigenvalue weighted by Gasteiger charge is 2.26. The van der Waals surface area contributed by atoms with Crippen molar-refractivity contribution in [2.75, 3.05) is 17.0 Å². The Kier molecular flexibility index (Phi) is 6.12. The second-order valence-electron chi connectivity index (χ2n) is 7.23. The van der Waals surface area contributed by atoms with Crippen molar-refractivity contribution in [1.29, 1.82) is 0 Å². The van der Waals surface area contributed by atoms with Crippen molar-refractivity contribution in [3.8, 4) is 0 Å². The van der Waals surface area contributed by atoms with Crippen LogP contribution >= 0.6 is 0 Å². The summed E-state index contributed by atoms with van der Waals surface area (Å²) in [5, 5.41) is 0. The second kappa shape index (κ2) is 8.23. The lowest BCUT2D eigenvalue weighted by molar-refractivity contribution is 0.391. The fourth-order valence-electron chi connectivity index (χ4n) is 3.46. The number of anilines is 1. The molecule has 0 saturated carbocycles. The van der Waals surface area contributed by atoms with E-state index in [1.807, 2.05) is 38.1 Å². The first-order chi connectivity index (χ1) is 13.2. The van der Waals surface area contributed by atoms with Gasteiger partial charge in [-0.1, -0.05) is 42.8 Å². The minimum absolute atomic E-state index is 0.108. The van der Waals surface area contributed by atoms with E-state index < -0.39 is 20.0 Å². The first kappa shape index (κ1) is 20.8. The second-order valence-corrected chi connectivity index (χ2v) is 11.0. The number of sulfonamides is 2. The fraction of sp³-hybridized carbons (Fsp3) is 0.400. The zero-order chi connectivity index (χ0) is 20.4. The van der Waals surface area contributed by atoms with Gasteiger partial charge in [0.2, 0.25) is 20.0 Å². The summed E-state index contributed by atoms with van der Waals surface area (Å²) in [6, 6.07) is 12.8. The van der Waals surface area contributed by atoms with Gasteiger partial charge in [-0.05, 0) is 48.6 Å². The Morgan fingerprint density at radius 1 is 1.04 bits per heavy atom. The summed E-state index contributed by atoms with van der Waals surface area (Å²) in [4.78, 5) is 0. The Balaban J connectivity index is 1.76. The average Bonchev–Trinajstić information content (AvgIpc) is 2.60. The van der Waals surface area contributed by atoms with Crippen LogP contribution in [0.1, 0.15) is 35.6 Å². The average molecular weight is 423 g/mol. The van der Waals surface area contributed by atoms with Crippen LogP contribution in [0.25, 0.3) is 0 Å². The lowest BCUT2D eigenvalue weighted by atomic mass is 10.0. The molecule has 1 heterocycles. The summed E-state index contributed by atoms with van der Waals surface area (Å²) in [6.07, 6.45) is 1.21. The van der Waals surface area contributed by atoms with Gasteiger partial charge in [0.1, 0.15) is 0 Å². The zero-order valence-corrected chi connectivity index (χ0v) is 17.8. The molecule has 0 spiro atoms. The predicted octanol–water partition coefficient (Wildman–Crippen LogP) is 3.03. The molecule has 0 fully saturated rings. The maximum atomic E-state index is 12.5. The molecule has 1 N–H and O–H groups in total. The van der Waals surface area contributed by atoms with Gasteiger partial charge in [-0.25, -0.2) is 16.8 Å². The highest BCUT2D eigenvalue weighted by atomic mass is 32.2. The van der Waals surface area contributed by atoms with Gasteiger partial charge in [-0.3, -0.25) is 4.72 Å². The van der Waals surface area contributed by atoms with Crippen molar-refractivity contribution >= 4 is 25.7 Å². The maximum Gasteiger partial charge on any atom is 0.236 e. The molecule has 28 heavy (non-hydrogen) atoms. The molecule has 0 aliphatic carbocycles. The van der Waals surface area contributed by atoms with Crippen LogP contribution < -0.4 is 4.72 Å². The van der Waals surface area contributed by atoms with Crippen LogP contribution in [0.3, 0.4) is 0 Å². The third kappa shape index (κ3) is 5.12. The molecule has 3 rings (SSSR count). The molecule has 152 valence electrons. The predicted molar refractivity (Wildman–Crippen MR) is 112 cm³/mol. The van der Waals surface area contributed by atoms with E-state index in [1.54, 1.807) is 18.2 Å². The number of hydrogen-bond donors (Lipinski definition) is 1. The van der Waals surface area contributed by atoms with Crippen molar-refractivity contribution in [3.05, 3.63) is 64.7 Å². The molecule has 0 unspecified atom stereocenters. The topological polar surface area (TPSA) is 83.6 Å². The van der Waals surface area contributed by atoms with Gasteiger partial charge in [-0.15, -0.1) is 0 Å². The molecule has 2 aromatic carbocycles. The Hall–Kier alpha value is -1.90. The number of benzene rings is 2. The summed E-state index contributed by atoms with van der Waals surface area (Å²) in [6.45, 7) is 4.51. The van der Waals surface area contributed by atoms with Crippen molar-refractivity contribution in [1.82, 2.24) is 4.31 Å². The Morgan fingerprint density at radius 2 is 1.82 bits per heavy atom. The molecular weight excluding hydrogens is 396 g/mol. The Labute approximate surface area is 167 Å². The van der Waals surface area contributed by atoms with E-state index in [0.29, 0.717) is 25.1 Å². The molecule has 1 aliphatic rings. The quantitative estimate of drug-likeness (QED) is 0.743. The number of rotatable bonds is 7. The first-order valence-electron chi connectivity index (χ1n) is 9.34. The van der Waals surface area contributed by atoms with Crippen LogP contribution in [-0.2, 0) is 38.8 Å². The maximum absolute atomic E-state index is 12.5.